The van der Waals surface area contributed by atoms with Crippen LogP contribution in [-0.4, -0.2) is 56.9 Å². The molecule has 0 aliphatic heterocycles. The highest BCUT2D eigenvalue weighted by molar-refractivity contribution is 5.93. The van der Waals surface area contributed by atoms with E-state index in [1.54, 1.807) is 14.0 Å². The Kier molecular flexibility index (Phi) is 7.41. The van der Waals surface area contributed by atoms with Crippen LogP contribution in [0.5, 0.6) is 5.75 Å². The van der Waals surface area contributed by atoms with Crippen molar-refractivity contribution in [3.63, 3.8) is 0 Å². The van der Waals surface area contributed by atoms with Crippen molar-refractivity contribution in [2.45, 2.75) is 25.4 Å². The van der Waals surface area contributed by atoms with Gasteiger partial charge in [0.2, 0.25) is 0 Å². The van der Waals surface area contributed by atoms with Crippen LogP contribution in [0.15, 0.2) is 55.1 Å². The number of likely N-dealkylation sites (N-methyl/N-ethyl adjacent to an activating group) is 1. The Balaban J connectivity index is 1.86. The van der Waals surface area contributed by atoms with Crippen molar-refractivity contribution in [2.75, 3.05) is 20.1 Å². The minimum atomic E-state index is -4.87. The second-order valence-corrected chi connectivity index (χ2v) is 8.13. The van der Waals surface area contributed by atoms with Gasteiger partial charge in [-0.25, -0.2) is 23.0 Å². The van der Waals surface area contributed by atoms with E-state index in [-0.39, 0.29) is 35.4 Å². The third-order valence-electron chi connectivity index (χ3n) is 5.35. The summed E-state index contributed by atoms with van der Waals surface area (Å²) in [7, 11) is 1.56. The molecule has 8 nitrogen and oxygen atoms in total. The molecule has 3 aromatic rings. The van der Waals surface area contributed by atoms with Gasteiger partial charge in [-0.1, -0.05) is 0 Å². The zero-order valence-corrected chi connectivity index (χ0v) is 18.8. The Morgan fingerprint density at radius 3 is 2.40 bits per heavy atom. The van der Waals surface area contributed by atoms with Crippen molar-refractivity contribution in [2.24, 2.45) is 0 Å². The quantitative estimate of drug-likeness (QED) is 0.268. The van der Waals surface area contributed by atoms with Gasteiger partial charge in [-0.05, 0) is 43.3 Å². The van der Waals surface area contributed by atoms with Gasteiger partial charge in [0, 0.05) is 17.2 Å². The Bertz CT molecular complexity index is 1160. The molecular weight excluding hydrogens is 477 g/mol. The largest absolute Gasteiger partial charge is 0.573 e. The summed E-state index contributed by atoms with van der Waals surface area (Å²) < 4.78 is 70.1. The molecule has 0 saturated carbocycles. The van der Waals surface area contributed by atoms with Crippen molar-refractivity contribution < 1.29 is 41.2 Å². The van der Waals surface area contributed by atoms with E-state index in [4.69, 9.17) is 0 Å². The lowest BCUT2D eigenvalue weighted by Crippen LogP contribution is -2.63. The number of aromatic nitrogens is 3. The number of amides is 1. The molecule has 2 aromatic carbocycles. The van der Waals surface area contributed by atoms with Gasteiger partial charge < -0.3 is 9.84 Å². The summed E-state index contributed by atoms with van der Waals surface area (Å²) in [5, 5.41) is 15.5. The number of aliphatic hydroxyl groups is 1. The third kappa shape index (κ3) is 6.73. The Morgan fingerprint density at radius 1 is 1.17 bits per heavy atom. The molecule has 2 unspecified atom stereocenters. The summed E-state index contributed by atoms with van der Waals surface area (Å²) >= 11 is 0. The fourth-order valence-corrected chi connectivity index (χ4v) is 3.59. The minimum absolute atomic E-state index is 0.0325. The minimum Gasteiger partial charge on any atom is -0.406 e. The van der Waals surface area contributed by atoms with Crippen LogP contribution in [-0.2, 0) is 12.1 Å². The predicted molar refractivity (Wildman–Crippen MR) is 112 cm³/mol. The van der Waals surface area contributed by atoms with E-state index in [0.717, 1.165) is 36.4 Å². The van der Waals surface area contributed by atoms with E-state index in [2.05, 4.69) is 20.2 Å². The lowest BCUT2D eigenvalue weighted by atomic mass is 9.92. The highest BCUT2D eigenvalue weighted by Gasteiger charge is 2.42. The van der Waals surface area contributed by atoms with Crippen LogP contribution in [0.25, 0.3) is 0 Å². The molecule has 0 saturated heterocycles. The van der Waals surface area contributed by atoms with E-state index >= 15 is 0 Å². The Labute approximate surface area is 197 Å². The van der Waals surface area contributed by atoms with Crippen LogP contribution in [0.4, 0.5) is 22.0 Å². The first kappa shape index (κ1) is 26.0. The number of quaternary nitrogens is 1. The average molecular weight is 500 g/mol. The van der Waals surface area contributed by atoms with E-state index in [1.165, 1.54) is 17.3 Å². The number of hydrogen-bond acceptors (Lipinski definition) is 5. The normalized spacial score (nSPS) is 15.2. The van der Waals surface area contributed by atoms with E-state index in [0.29, 0.717) is 6.07 Å². The summed E-state index contributed by atoms with van der Waals surface area (Å²) in [5.41, 5.74) is 0.552. The topological polar surface area (TPSA) is 89.3 Å². The van der Waals surface area contributed by atoms with Gasteiger partial charge >= 0.3 is 6.36 Å². The van der Waals surface area contributed by atoms with Gasteiger partial charge in [0.1, 0.15) is 36.6 Å². The monoisotopic (exact) mass is 500 g/mol. The molecule has 1 aromatic heterocycles. The molecule has 0 aliphatic rings. The maximum atomic E-state index is 14.7. The molecule has 0 radical (unpaired) electrons. The second-order valence-electron chi connectivity index (χ2n) is 8.13. The molecule has 0 spiro atoms. The smallest absolute Gasteiger partial charge is 0.406 e. The molecule has 13 heteroatoms. The van der Waals surface area contributed by atoms with Gasteiger partial charge in [0.25, 0.3) is 5.91 Å². The zero-order valence-electron chi connectivity index (χ0n) is 18.8. The molecule has 35 heavy (non-hydrogen) atoms. The van der Waals surface area contributed by atoms with Crippen molar-refractivity contribution in [1.82, 2.24) is 20.2 Å². The first-order valence-electron chi connectivity index (χ1n) is 10.4. The van der Waals surface area contributed by atoms with Gasteiger partial charge in [0.05, 0.1) is 20.1 Å². The first-order valence-corrected chi connectivity index (χ1v) is 10.4. The van der Waals surface area contributed by atoms with Crippen LogP contribution < -0.4 is 10.2 Å². The Hall–Kier alpha value is -3.58. The molecule has 3 rings (SSSR count). The summed E-state index contributed by atoms with van der Waals surface area (Å²) in [5.74, 6) is -2.96. The predicted octanol–water partition coefficient (Wildman–Crippen LogP) is 3.15. The van der Waals surface area contributed by atoms with E-state index in [9.17, 15) is 31.9 Å². The Morgan fingerprint density at radius 2 is 1.86 bits per heavy atom. The van der Waals surface area contributed by atoms with Crippen LogP contribution in [0.1, 0.15) is 22.8 Å². The number of halogens is 5. The summed E-state index contributed by atoms with van der Waals surface area (Å²) in [6, 6.07) is 7.05. The number of alkyl halides is 3. The summed E-state index contributed by atoms with van der Waals surface area (Å²) in [6.45, 7) is 1.40. The molecule has 1 amide bonds. The lowest BCUT2D eigenvalue weighted by molar-refractivity contribution is -0.948. The van der Waals surface area contributed by atoms with E-state index in [1.807, 2.05) is 0 Å². The fourth-order valence-electron chi connectivity index (χ4n) is 3.59. The molecular formula is C22H23F5N5O3+. The van der Waals surface area contributed by atoms with Crippen molar-refractivity contribution in [3.05, 3.63) is 77.9 Å². The van der Waals surface area contributed by atoms with Crippen LogP contribution in [0.2, 0.25) is 0 Å². The molecule has 188 valence electrons. The molecule has 0 aliphatic carbocycles. The summed E-state index contributed by atoms with van der Waals surface area (Å²) in [4.78, 5) is 16.6. The number of nitrogens with one attached hydrogen (secondary N) is 1. The number of hydrogen-bond donors (Lipinski definition) is 2. The molecule has 0 bridgehead atoms. The van der Waals surface area contributed by atoms with Crippen LogP contribution in [0.3, 0.4) is 0 Å². The number of nitrogens with zero attached hydrogens (tertiary/aromatic N) is 4. The van der Waals surface area contributed by atoms with Gasteiger partial charge in [0.15, 0.2) is 5.60 Å². The molecule has 2 atom stereocenters. The van der Waals surface area contributed by atoms with Crippen molar-refractivity contribution in [1.29, 1.82) is 0 Å². The van der Waals surface area contributed by atoms with Gasteiger partial charge in [-0.3, -0.25) is 4.79 Å². The summed E-state index contributed by atoms with van der Waals surface area (Å²) in [6.07, 6.45) is -2.33. The highest BCUT2D eigenvalue weighted by Crippen LogP contribution is 2.29. The zero-order chi connectivity index (χ0) is 25.9. The SMILES string of the molecule is CC[N+](C)(CC(O)(Cn1cncn1)c1ccc(F)cc1F)NC(=O)c1ccc(OC(F)(F)F)cc1. The number of benzene rings is 2. The van der Waals surface area contributed by atoms with Crippen LogP contribution in [0, 0.1) is 11.6 Å². The number of carbonyl (C=O) groups is 1. The van der Waals surface area contributed by atoms with E-state index < -0.39 is 35.3 Å². The first-order chi connectivity index (χ1) is 16.3. The number of carbonyl (C=O) groups excluding carboxylic acids is 1. The van der Waals surface area contributed by atoms with Gasteiger partial charge in [-0.2, -0.15) is 10.5 Å². The molecule has 2 N–H and O–H groups in total. The molecule has 1 heterocycles. The second kappa shape index (κ2) is 9.96. The maximum absolute atomic E-state index is 14.7. The van der Waals surface area contributed by atoms with Gasteiger partial charge in [-0.15, -0.1) is 13.2 Å². The standard InChI is InChI=1S/C22H22F5N5O3/c1-3-32(2,30-20(33)15-4-7-17(8-5-15)35-22(25,26)27)12-21(34,11-31-14-28-13-29-31)18-9-6-16(23)10-19(18)24/h4-10,13-14,34H,3,11-12H2,1-2H3/p+1. The van der Waals surface area contributed by atoms with Crippen molar-refractivity contribution >= 4 is 5.91 Å². The third-order valence-corrected chi connectivity index (χ3v) is 5.35. The maximum Gasteiger partial charge on any atom is 0.573 e. The number of ether oxygens (including phenoxy) is 1. The highest BCUT2D eigenvalue weighted by atomic mass is 19.4. The fraction of sp³-hybridized carbons (Fsp3) is 0.318. The lowest BCUT2D eigenvalue weighted by Gasteiger charge is -2.39. The van der Waals surface area contributed by atoms with Crippen LogP contribution >= 0.6 is 0 Å². The van der Waals surface area contributed by atoms with Crippen molar-refractivity contribution in [3.8, 4) is 5.75 Å². The number of rotatable bonds is 9. The molecule has 0 fully saturated rings. The average Bonchev–Trinajstić information content (AvgIpc) is 3.25.